The fourth-order valence-corrected chi connectivity index (χ4v) is 2.91. The number of carbonyl (C=O) groups excluding carboxylic acids is 1. The van der Waals surface area contributed by atoms with Crippen LogP contribution in [0.4, 0.5) is 4.79 Å². The van der Waals surface area contributed by atoms with Gasteiger partial charge < -0.3 is 19.4 Å². The van der Waals surface area contributed by atoms with E-state index in [4.69, 9.17) is 4.74 Å². The van der Waals surface area contributed by atoms with Gasteiger partial charge in [-0.2, -0.15) is 0 Å². The standard InChI is InChI=1S/C17H34N4O2/c1-8-20(16(22)23-17(2,3)4)13-14-9-11-21(12-10-14)15(18-5)19(6)7/h14H,8-13H2,1-7H3. The van der Waals surface area contributed by atoms with Crippen LogP contribution in [0, 0.1) is 5.92 Å². The zero-order chi connectivity index (χ0) is 17.6. The topological polar surface area (TPSA) is 48.4 Å². The Hall–Kier alpha value is -1.46. The van der Waals surface area contributed by atoms with E-state index < -0.39 is 5.60 Å². The molecule has 0 N–H and O–H groups in total. The highest BCUT2D eigenvalue weighted by Gasteiger charge is 2.27. The van der Waals surface area contributed by atoms with Gasteiger partial charge in [0.2, 0.25) is 0 Å². The van der Waals surface area contributed by atoms with Crippen LogP contribution >= 0.6 is 0 Å². The number of likely N-dealkylation sites (tertiary alicyclic amines) is 1. The van der Waals surface area contributed by atoms with Gasteiger partial charge in [0.1, 0.15) is 5.60 Å². The Bertz CT molecular complexity index is 407. The van der Waals surface area contributed by atoms with E-state index in [-0.39, 0.29) is 6.09 Å². The van der Waals surface area contributed by atoms with Crippen LogP contribution in [0.25, 0.3) is 0 Å². The van der Waals surface area contributed by atoms with Gasteiger partial charge in [-0.1, -0.05) is 0 Å². The second kappa shape index (κ2) is 8.41. The number of guanidine groups is 1. The van der Waals surface area contributed by atoms with E-state index >= 15 is 0 Å². The summed E-state index contributed by atoms with van der Waals surface area (Å²) in [5.74, 6) is 1.56. The van der Waals surface area contributed by atoms with Gasteiger partial charge >= 0.3 is 6.09 Å². The molecule has 0 aliphatic carbocycles. The second-order valence-electron chi connectivity index (χ2n) is 7.37. The Morgan fingerprint density at radius 2 is 1.83 bits per heavy atom. The molecule has 1 rings (SSSR count). The molecule has 1 aliphatic rings. The summed E-state index contributed by atoms with van der Waals surface area (Å²) in [4.78, 5) is 22.8. The van der Waals surface area contributed by atoms with E-state index in [1.807, 2.05) is 53.7 Å². The number of carbonyl (C=O) groups is 1. The Kier molecular flexibility index (Phi) is 7.16. The molecular formula is C17H34N4O2. The number of ether oxygens (including phenoxy) is 1. The number of aliphatic imine (C=N–C) groups is 1. The number of hydrogen-bond acceptors (Lipinski definition) is 3. The zero-order valence-corrected chi connectivity index (χ0v) is 15.9. The SMILES string of the molecule is CCN(CC1CCN(C(=NC)N(C)C)CC1)C(=O)OC(C)(C)C. The molecular weight excluding hydrogens is 292 g/mol. The molecule has 0 unspecified atom stereocenters. The van der Waals surface area contributed by atoms with Crippen molar-refractivity contribution in [2.24, 2.45) is 10.9 Å². The number of rotatable bonds is 3. The summed E-state index contributed by atoms with van der Waals surface area (Å²) >= 11 is 0. The molecule has 0 saturated carbocycles. The van der Waals surface area contributed by atoms with E-state index in [9.17, 15) is 4.79 Å². The molecule has 0 aromatic carbocycles. The monoisotopic (exact) mass is 326 g/mol. The molecule has 0 aromatic heterocycles. The largest absolute Gasteiger partial charge is 0.444 e. The molecule has 0 aromatic rings. The van der Waals surface area contributed by atoms with Crippen LogP contribution in [0.15, 0.2) is 4.99 Å². The quantitative estimate of drug-likeness (QED) is 0.590. The van der Waals surface area contributed by atoms with Crippen molar-refractivity contribution in [3.8, 4) is 0 Å². The van der Waals surface area contributed by atoms with Crippen molar-refractivity contribution in [2.45, 2.75) is 46.1 Å². The maximum absolute atomic E-state index is 12.2. The van der Waals surface area contributed by atoms with E-state index in [2.05, 4.69) is 14.8 Å². The van der Waals surface area contributed by atoms with Gasteiger partial charge in [-0.15, -0.1) is 0 Å². The molecule has 6 heteroatoms. The van der Waals surface area contributed by atoms with Crippen LogP contribution in [0.5, 0.6) is 0 Å². The summed E-state index contributed by atoms with van der Waals surface area (Å²) in [6.07, 6.45) is 1.95. The molecule has 1 amide bonds. The third-order valence-corrected chi connectivity index (χ3v) is 4.01. The minimum absolute atomic E-state index is 0.202. The lowest BCUT2D eigenvalue weighted by atomic mass is 9.96. The summed E-state index contributed by atoms with van der Waals surface area (Å²) in [5, 5.41) is 0. The van der Waals surface area contributed by atoms with Crippen LogP contribution in [-0.2, 0) is 4.74 Å². The molecule has 134 valence electrons. The minimum Gasteiger partial charge on any atom is -0.444 e. The summed E-state index contributed by atoms with van der Waals surface area (Å²) < 4.78 is 5.49. The number of amides is 1. The summed E-state index contributed by atoms with van der Waals surface area (Å²) in [5.41, 5.74) is -0.438. The van der Waals surface area contributed by atoms with Crippen molar-refractivity contribution >= 4 is 12.1 Å². The predicted molar refractivity (Wildman–Crippen MR) is 94.8 cm³/mol. The van der Waals surface area contributed by atoms with Crippen LogP contribution in [0.1, 0.15) is 40.5 Å². The smallest absolute Gasteiger partial charge is 0.410 e. The Labute approximate surface area is 141 Å². The van der Waals surface area contributed by atoms with Gasteiger partial charge in [-0.05, 0) is 46.5 Å². The zero-order valence-electron chi connectivity index (χ0n) is 15.9. The maximum Gasteiger partial charge on any atom is 0.410 e. The molecule has 6 nitrogen and oxygen atoms in total. The summed E-state index contributed by atoms with van der Waals surface area (Å²) in [6.45, 7) is 11.2. The first kappa shape index (κ1) is 19.6. The first-order valence-electron chi connectivity index (χ1n) is 8.55. The molecule has 0 atom stereocenters. The van der Waals surface area contributed by atoms with Gasteiger partial charge in [0.15, 0.2) is 5.96 Å². The van der Waals surface area contributed by atoms with E-state index in [0.29, 0.717) is 12.5 Å². The van der Waals surface area contributed by atoms with Crippen LogP contribution < -0.4 is 0 Å². The van der Waals surface area contributed by atoms with E-state index in [0.717, 1.165) is 38.4 Å². The molecule has 1 aliphatic heterocycles. The molecule has 23 heavy (non-hydrogen) atoms. The van der Waals surface area contributed by atoms with Gasteiger partial charge in [-0.25, -0.2) is 4.79 Å². The highest BCUT2D eigenvalue weighted by atomic mass is 16.6. The Balaban J connectivity index is 2.52. The average Bonchev–Trinajstić information content (AvgIpc) is 2.44. The van der Waals surface area contributed by atoms with Crippen molar-refractivity contribution in [1.82, 2.24) is 14.7 Å². The Morgan fingerprint density at radius 1 is 1.26 bits per heavy atom. The van der Waals surface area contributed by atoms with E-state index in [1.54, 1.807) is 0 Å². The molecule has 1 saturated heterocycles. The number of piperidine rings is 1. The highest BCUT2D eigenvalue weighted by Crippen LogP contribution is 2.20. The molecule has 1 heterocycles. The van der Waals surface area contributed by atoms with Crippen molar-refractivity contribution in [3.05, 3.63) is 0 Å². The number of hydrogen-bond donors (Lipinski definition) is 0. The third-order valence-electron chi connectivity index (χ3n) is 4.01. The summed E-state index contributed by atoms with van der Waals surface area (Å²) in [6, 6.07) is 0. The normalized spacial score (nSPS) is 17.2. The van der Waals surface area contributed by atoms with Gasteiger partial charge in [-0.3, -0.25) is 4.99 Å². The highest BCUT2D eigenvalue weighted by molar-refractivity contribution is 5.79. The van der Waals surface area contributed by atoms with Gasteiger partial charge in [0.25, 0.3) is 0 Å². The fraction of sp³-hybridized carbons (Fsp3) is 0.882. The molecule has 1 fully saturated rings. The molecule has 0 radical (unpaired) electrons. The first-order valence-corrected chi connectivity index (χ1v) is 8.55. The predicted octanol–water partition coefficient (Wildman–Crippen LogP) is 2.50. The fourth-order valence-electron chi connectivity index (χ4n) is 2.91. The third kappa shape index (κ3) is 6.28. The second-order valence-corrected chi connectivity index (χ2v) is 7.37. The number of nitrogens with zero attached hydrogens (tertiary/aromatic N) is 4. The van der Waals surface area contributed by atoms with Crippen LogP contribution in [-0.4, -0.2) is 79.7 Å². The van der Waals surface area contributed by atoms with Gasteiger partial charge in [0.05, 0.1) is 0 Å². The minimum atomic E-state index is -0.438. The lowest BCUT2D eigenvalue weighted by Gasteiger charge is -2.37. The first-order chi connectivity index (χ1) is 10.7. The lowest BCUT2D eigenvalue weighted by Crippen LogP contribution is -2.47. The van der Waals surface area contributed by atoms with E-state index in [1.165, 1.54) is 0 Å². The molecule has 0 spiro atoms. The molecule has 0 bridgehead atoms. The van der Waals surface area contributed by atoms with Crippen molar-refractivity contribution in [1.29, 1.82) is 0 Å². The lowest BCUT2D eigenvalue weighted by molar-refractivity contribution is 0.0213. The Morgan fingerprint density at radius 3 is 2.22 bits per heavy atom. The van der Waals surface area contributed by atoms with Crippen molar-refractivity contribution in [3.63, 3.8) is 0 Å². The van der Waals surface area contributed by atoms with Crippen molar-refractivity contribution < 1.29 is 9.53 Å². The summed E-state index contributed by atoms with van der Waals surface area (Å²) in [7, 11) is 5.88. The van der Waals surface area contributed by atoms with Crippen LogP contribution in [0.2, 0.25) is 0 Å². The van der Waals surface area contributed by atoms with Gasteiger partial charge in [0, 0.05) is 47.3 Å². The average molecular weight is 326 g/mol. The van der Waals surface area contributed by atoms with Crippen LogP contribution in [0.3, 0.4) is 0 Å². The van der Waals surface area contributed by atoms with Crippen molar-refractivity contribution in [2.75, 3.05) is 47.3 Å². The maximum atomic E-state index is 12.2.